The molecule has 0 radical (unpaired) electrons. The average Bonchev–Trinajstić information content (AvgIpc) is 3.14. The normalized spacial score (nSPS) is 21.9. The molecule has 13 heteroatoms. The zero-order chi connectivity index (χ0) is 29.0. The first kappa shape index (κ1) is 30.5. The molecule has 3 unspecified atom stereocenters. The Kier molecular flexibility index (Phi) is 9.92. The lowest BCUT2D eigenvalue weighted by atomic mass is 9.92. The molecule has 2 fully saturated rings. The van der Waals surface area contributed by atoms with Crippen LogP contribution in [0.4, 0.5) is 32.0 Å². The Morgan fingerprint density at radius 1 is 1.15 bits per heavy atom. The van der Waals surface area contributed by atoms with Crippen molar-refractivity contribution in [3.8, 4) is 0 Å². The number of amidine groups is 1. The van der Waals surface area contributed by atoms with E-state index in [1.807, 2.05) is 4.90 Å². The first-order chi connectivity index (χ1) is 19.0. The van der Waals surface area contributed by atoms with Crippen molar-refractivity contribution >= 4 is 40.1 Å². The molecule has 1 aliphatic heterocycles. The first-order valence-electron chi connectivity index (χ1n) is 12.9. The van der Waals surface area contributed by atoms with Gasteiger partial charge in [0.2, 0.25) is 5.91 Å². The van der Waals surface area contributed by atoms with Gasteiger partial charge in [-0.15, -0.1) is 11.6 Å². The fourth-order valence-electron chi connectivity index (χ4n) is 5.53. The van der Waals surface area contributed by atoms with Crippen LogP contribution in [0, 0.1) is 29.3 Å². The van der Waals surface area contributed by atoms with Gasteiger partial charge in [0.1, 0.15) is 5.69 Å². The predicted molar refractivity (Wildman–Crippen MR) is 144 cm³/mol. The monoisotopic (exact) mass is 606 g/mol. The highest BCUT2D eigenvalue weighted by atomic mass is 35.5. The van der Waals surface area contributed by atoms with Crippen molar-refractivity contribution in [1.29, 1.82) is 0 Å². The van der Waals surface area contributed by atoms with E-state index in [-0.39, 0.29) is 29.9 Å². The van der Waals surface area contributed by atoms with Crippen LogP contribution in [0.25, 0.3) is 0 Å². The molecule has 0 spiro atoms. The Bertz CT molecular complexity index is 1230. The number of aromatic nitrogens is 1. The standard InChI is InChI=1S/C27H29ClF6N4OS/c1-40-26(37-25(39)19(4-2-3-10-28)18-7-8-20(29)23(31)22(18)30)36-24-15-5-6-16(24)14-38(13-15)17-9-11-35-21(12-17)27(32,33)34/h7-9,11-12,15-16,19,24H,2-6,10,13-14H2,1H3,(H,36,37,39). The molecule has 1 saturated carbocycles. The number of piperidine rings is 1. The maximum Gasteiger partial charge on any atom is 0.433 e. The van der Waals surface area contributed by atoms with Gasteiger partial charge in [-0.1, -0.05) is 24.2 Å². The number of unbranched alkanes of at least 4 members (excludes halogenated alkanes) is 1. The number of carbonyl (C=O) groups excluding carboxylic acids is 1. The van der Waals surface area contributed by atoms with Crippen molar-refractivity contribution in [3.63, 3.8) is 0 Å². The molecule has 1 N–H and O–H groups in total. The van der Waals surface area contributed by atoms with Crippen LogP contribution in [0.1, 0.15) is 49.3 Å². The number of nitrogens with zero attached hydrogens (tertiary/aromatic N) is 3. The molecule has 1 aliphatic carbocycles. The van der Waals surface area contributed by atoms with Gasteiger partial charge in [0.05, 0.1) is 12.0 Å². The summed E-state index contributed by atoms with van der Waals surface area (Å²) in [5.74, 6) is -5.58. The van der Waals surface area contributed by atoms with Gasteiger partial charge in [-0.2, -0.15) is 13.2 Å². The molecule has 1 aromatic heterocycles. The summed E-state index contributed by atoms with van der Waals surface area (Å²) in [5.41, 5.74) is -0.730. The minimum Gasteiger partial charge on any atom is -0.371 e. The number of thioether (sulfide) groups is 1. The van der Waals surface area contributed by atoms with E-state index in [4.69, 9.17) is 16.6 Å². The van der Waals surface area contributed by atoms with Crippen LogP contribution < -0.4 is 10.2 Å². The third kappa shape index (κ3) is 6.87. The van der Waals surface area contributed by atoms with Crippen LogP contribution in [0.2, 0.25) is 0 Å². The van der Waals surface area contributed by atoms with Crippen LogP contribution in [0.3, 0.4) is 0 Å². The number of fused-ring (bicyclic) bond motifs is 2. The largest absolute Gasteiger partial charge is 0.433 e. The van der Waals surface area contributed by atoms with E-state index < -0.39 is 41.1 Å². The van der Waals surface area contributed by atoms with E-state index >= 15 is 0 Å². The summed E-state index contributed by atoms with van der Waals surface area (Å²) in [5, 5.41) is 3.06. The highest BCUT2D eigenvalue weighted by Gasteiger charge is 2.43. The predicted octanol–water partition coefficient (Wildman–Crippen LogP) is 6.76. The summed E-state index contributed by atoms with van der Waals surface area (Å²) >= 11 is 6.95. The lowest BCUT2D eigenvalue weighted by Gasteiger charge is -2.38. The molecular weight excluding hydrogens is 578 g/mol. The number of hydrogen-bond donors (Lipinski definition) is 1. The van der Waals surface area contributed by atoms with Crippen molar-refractivity contribution in [1.82, 2.24) is 10.3 Å². The van der Waals surface area contributed by atoms with Gasteiger partial charge in [-0.25, -0.2) is 13.2 Å². The number of anilines is 1. The van der Waals surface area contributed by atoms with Crippen molar-refractivity contribution < 1.29 is 31.1 Å². The van der Waals surface area contributed by atoms with Crippen molar-refractivity contribution in [2.24, 2.45) is 16.8 Å². The van der Waals surface area contributed by atoms with E-state index in [0.29, 0.717) is 42.7 Å². The van der Waals surface area contributed by atoms with Crippen LogP contribution in [0.15, 0.2) is 35.5 Å². The number of benzene rings is 1. The summed E-state index contributed by atoms with van der Waals surface area (Å²) in [6, 6.07) is 4.34. The number of carbonyl (C=O) groups is 1. The third-order valence-electron chi connectivity index (χ3n) is 7.51. The molecule has 1 saturated heterocycles. The van der Waals surface area contributed by atoms with E-state index in [1.54, 1.807) is 12.3 Å². The summed E-state index contributed by atoms with van der Waals surface area (Å²) < 4.78 is 81.6. The van der Waals surface area contributed by atoms with E-state index in [1.165, 1.54) is 11.8 Å². The quantitative estimate of drug-likeness (QED) is 0.0901. The summed E-state index contributed by atoms with van der Waals surface area (Å²) in [6.07, 6.45) is 1.23. The van der Waals surface area contributed by atoms with E-state index in [2.05, 4.69) is 10.3 Å². The number of pyridine rings is 1. The molecule has 2 aliphatic rings. The van der Waals surface area contributed by atoms with Crippen LogP contribution >= 0.6 is 23.4 Å². The van der Waals surface area contributed by atoms with Crippen LogP contribution in [-0.4, -0.2) is 47.3 Å². The minimum atomic E-state index is -4.53. The molecule has 1 amide bonds. The fourth-order valence-corrected chi connectivity index (χ4v) is 6.15. The lowest BCUT2D eigenvalue weighted by molar-refractivity contribution is -0.141. The highest BCUT2D eigenvalue weighted by molar-refractivity contribution is 8.13. The number of amides is 1. The molecule has 3 atom stereocenters. The highest BCUT2D eigenvalue weighted by Crippen LogP contribution is 2.41. The van der Waals surface area contributed by atoms with Gasteiger partial charge in [0.15, 0.2) is 22.6 Å². The molecule has 218 valence electrons. The van der Waals surface area contributed by atoms with Crippen molar-refractivity contribution in [2.75, 3.05) is 30.1 Å². The van der Waals surface area contributed by atoms with Gasteiger partial charge < -0.3 is 10.2 Å². The zero-order valence-electron chi connectivity index (χ0n) is 21.7. The Morgan fingerprint density at radius 3 is 2.48 bits per heavy atom. The number of halogens is 7. The SMILES string of the molecule is CSC(=NC1C2CCC1CN(c1ccnc(C(F)(F)F)c1)C2)NC(=O)C(CCCCCl)c1ccc(F)c(F)c1F. The van der Waals surface area contributed by atoms with E-state index in [9.17, 15) is 31.1 Å². The summed E-state index contributed by atoms with van der Waals surface area (Å²) in [7, 11) is 0. The number of alkyl halides is 4. The second-order valence-corrected chi connectivity index (χ2v) is 11.2. The Morgan fingerprint density at radius 2 is 1.85 bits per heavy atom. The Hall–Kier alpha value is -2.47. The number of nitrogens with one attached hydrogen (secondary N) is 1. The average molecular weight is 607 g/mol. The fraction of sp³-hybridized carbons (Fsp3) is 0.519. The number of hydrogen-bond acceptors (Lipinski definition) is 5. The molecule has 2 bridgehead atoms. The molecule has 40 heavy (non-hydrogen) atoms. The van der Waals surface area contributed by atoms with Crippen LogP contribution in [0.5, 0.6) is 0 Å². The molecule has 2 aromatic rings. The topological polar surface area (TPSA) is 57.6 Å². The number of aliphatic imine (C=N–C) groups is 1. The molecule has 2 heterocycles. The molecular formula is C27H29ClF6N4OS. The van der Waals surface area contributed by atoms with Gasteiger partial charge >= 0.3 is 6.18 Å². The lowest BCUT2D eigenvalue weighted by Crippen LogP contribution is -2.45. The summed E-state index contributed by atoms with van der Waals surface area (Å²) in [6.45, 7) is 1.01. The minimum absolute atomic E-state index is 0.0588. The van der Waals surface area contributed by atoms with Gasteiger partial charge in [-0.3, -0.25) is 14.8 Å². The smallest absolute Gasteiger partial charge is 0.371 e. The molecule has 5 nitrogen and oxygen atoms in total. The second kappa shape index (κ2) is 13.0. The van der Waals surface area contributed by atoms with Gasteiger partial charge in [-0.05, 0) is 62.0 Å². The summed E-state index contributed by atoms with van der Waals surface area (Å²) in [4.78, 5) is 23.5. The maximum absolute atomic E-state index is 14.6. The van der Waals surface area contributed by atoms with Crippen LogP contribution in [-0.2, 0) is 11.0 Å². The van der Waals surface area contributed by atoms with Crippen molar-refractivity contribution in [3.05, 3.63) is 59.2 Å². The molecule has 4 rings (SSSR count). The zero-order valence-corrected chi connectivity index (χ0v) is 23.2. The van der Waals surface area contributed by atoms with Gasteiger partial charge in [0, 0.05) is 36.4 Å². The Labute approximate surface area is 237 Å². The third-order valence-corrected chi connectivity index (χ3v) is 8.37. The van der Waals surface area contributed by atoms with Gasteiger partial charge in [0.25, 0.3) is 0 Å². The number of rotatable bonds is 8. The maximum atomic E-state index is 14.6. The van der Waals surface area contributed by atoms with Crippen molar-refractivity contribution in [2.45, 2.75) is 50.2 Å². The van der Waals surface area contributed by atoms with E-state index in [0.717, 1.165) is 37.2 Å². The second-order valence-electron chi connectivity index (χ2n) is 10.0. The Balaban J connectivity index is 1.50. The molecule has 1 aromatic carbocycles. The first-order valence-corrected chi connectivity index (χ1v) is 14.7.